The van der Waals surface area contributed by atoms with Crippen molar-refractivity contribution in [1.82, 2.24) is 4.90 Å². The Morgan fingerprint density at radius 2 is 2.04 bits per heavy atom. The van der Waals surface area contributed by atoms with Gasteiger partial charge in [0.05, 0.1) is 25.0 Å². The van der Waals surface area contributed by atoms with Crippen LogP contribution in [0.5, 0.6) is 11.5 Å². The predicted octanol–water partition coefficient (Wildman–Crippen LogP) is 2.61. The van der Waals surface area contributed by atoms with Gasteiger partial charge in [-0.1, -0.05) is 6.07 Å². The van der Waals surface area contributed by atoms with Gasteiger partial charge in [0.15, 0.2) is 23.0 Å². The lowest BCUT2D eigenvalue weighted by molar-refractivity contribution is -0.129. The van der Waals surface area contributed by atoms with Gasteiger partial charge in [-0.2, -0.15) is 0 Å². The number of nitrogens with zero attached hydrogens (tertiary/aromatic N) is 1. The van der Waals surface area contributed by atoms with Crippen molar-refractivity contribution in [3.63, 3.8) is 0 Å². The lowest BCUT2D eigenvalue weighted by Gasteiger charge is -2.27. The van der Waals surface area contributed by atoms with Crippen molar-refractivity contribution in [2.45, 2.75) is 12.5 Å². The first kappa shape index (κ1) is 19.5. The van der Waals surface area contributed by atoms with Crippen molar-refractivity contribution in [3.05, 3.63) is 59.3 Å². The number of benzene rings is 1. The molecule has 1 aromatic carbocycles. The first-order valence-electron chi connectivity index (χ1n) is 8.67. The number of rotatable bonds is 8. The summed E-state index contributed by atoms with van der Waals surface area (Å²) in [5.74, 6) is -1.75. The number of phenolic OH excluding ortho intramolecular Hbond substituents is 1. The van der Waals surface area contributed by atoms with E-state index in [0.29, 0.717) is 18.6 Å². The number of carbonyl (C=O) groups excluding carboxylic acids is 2. The second-order valence-corrected chi connectivity index (χ2v) is 6.25. The van der Waals surface area contributed by atoms with Crippen LogP contribution in [0.2, 0.25) is 0 Å². The summed E-state index contributed by atoms with van der Waals surface area (Å²) >= 11 is 0. The van der Waals surface area contributed by atoms with E-state index in [1.165, 1.54) is 36.5 Å². The summed E-state index contributed by atoms with van der Waals surface area (Å²) in [6, 6.07) is 6.71. The molecule has 0 saturated carbocycles. The number of aliphatic hydroxyl groups is 1. The molecule has 2 aromatic rings. The number of ether oxygens (including phenoxy) is 2. The standard InChI is InChI=1S/C20H21NO7/c1-26-9-4-8-21-17(12-6-7-14(27-2)13(22)11-12)16(19(24)20(21)25)18(23)15-5-3-10-28-15/h3,5-7,10-11,17,22,24H,4,8-9H2,1-2H3. The summed E-state index contributed by atoms with van der Waals surface area (Å²) < 4.78 is 15.2. The molecule has 1 aliphatic rings. The normalized spacial score (nSPS) is 16.7. The molecular formula is C20H21NO7. The summed E-state index contributed by atoms with van der Waals surface area (Å²) in [7, 11) is 2.97. The molecule has 0 radical (unpaired) electrons. The molecular weight excluding hydrogens is 366 g/mol. The average Bonchev–Trinajstić information content (AvgIpc) is 3.30. The number of hydrogen-bond donors (Lipinski definition) is 2. The number of Topliss-reactive ketones (excluding diaryl/α,β-unsaturated/α-hetero) is 1. The Morgan fingerprint density at radius 1 is 1.25 bits per heavy atom. The molecule has 1 aliphatic heterocycles. The monoisotopic (exact) mass is 387 g/mol. The van der Waals surface area contributed by atoms with Crippen molar-refractivity contribution < 1.29 is 33.7 Å². The third-order valence-corrected chi connectivity index (χ3v) is 4.56. The van der Waals surface area contributed by atoms with Gasteiger partial charge in [-0.05, 0) is 36.2 Å². The predicted molar refractivity (Wildman–Crippen MR) is 98.3 cm³/mol. The quantitative estimate of drug-likeness (QED) is 0.529. The van der Waals surface area contributed by atoms with E-state index in [1.54, 1.807) is 19.2 Å². The van der Waals surface area contributed by atoms with Gasteiger partial charge in [-0.15, -0.1) is 0 Å². The number of hydrogen-bond acceptors (Lipinski definition) is 7. The van der Waals surface area contributed by atoms with Crippen LogP contribution in [-0.4, -0.2) is 54.2 Å². The fourth-order valence-corrected chi connectivity index (χ4v) is 3.26. The van der Waals surface area contributed by atoms with Crippen molar-refractivity contribution in [1.29, 1.82) is 0 Å². The Balaban J connectivity index is 2.05. The topological polar surface area (TPSA) is 109 Å². The number of methoxy groups -OCH3 is 2. The maximum Gasteiger partial charge on any atom is 0.290 e. The van der Waals surface area contributed by atoms with E-state index in [-0.39, 0.29) is 29.4 Å². The first-order chi connectivity index (χ1) is 13.5. The largest absolute Gasteiger partial charge is 0.504 e. The highest BCUT2D eigenvalue weighted by molar-refractivity contribution is 6.15. The van der Waals surface area contributed by atoms with E-state index in [1.807, 2.05) is 0 Å². The Hall–Kier alpha value is -3.26. The van der Waals surface area contributed by atoms with Crippen LogP contribution in [0.4, 0.5) is 0 Å². The smallest absolute Gasteiger partial charge is 0.290 e. The van der Waals surface area contributed by atoms with Crippen LogP contribution in [0.15, 0.2) is 52.3 Å². The lowest BCUT2D eigenvalue weighted by Crippen LogP contribution is -2.32. The summed E-state index contributed by atoms with van der Waals surface area (Å²) in [5.41, 5.74) is 0.366. The minimum atomic E-state index is -0.876. The maximum absolute atomic E-state index is 12.9. The van der Waals surface area contributed by atoms with Crippen LogP contribution in [0, 0.1) is 0 Å². The van der Waals surface area contributed by atoms with E-state index in [2.05, 4.69) is 0 Å². The molecule has 0 aliphatic carbocycles. The second kappa shape index (κ2) is 8.18. The number of carbonyl (C=O) groups is 2. The van der Waals surface area contributed by atoms with E-state index in [0.717, 1.165) is 0 Å². The highest BCUT2D eigenvalue weighted by Crippen LogP contribution is 2.41. The number of phenols is 1. The fourth-order valence-electron chi connectivity index (χ4n) is 3.26. The summed E-state index contributed by atoms with van der Waals surface area (Å²) in [5, 5.41) is 20.6. The van der Waals surface area contributed by atoms with Gasteiger partial charge in [0.2, 0.25) is 5.78 Å². The maximum atomic E-state index is 12.9. The highest BCUT2D eigenvalue weighted by atomic mass is 16.5. The number of aliphatic hydroxyl groups excluding tert-OH is 1. The average molecular weight is 387 g/mol. The molecule has 0 bridgehead atoms. The van der Waals surface area contributed by atoms with Gasteiger partial charge in [0.1, 0.15) is 0 Å². The molecule has 1 unspecified atom stereocenters. The van der Waals surface area contributed by atoms with E-state index >= 15 is 0 Å². The number of ketones is 1. The van der Waals surface area contributed by atoms with Crippen LogP contribution in [0.25, 0.3) is 0 Å². The van der Waals surface area contributed by atoms with Crippen LogP contribution in [0.3, 0.4) is 0 Å². The zero-order chi connectivity index (χ0) is 20.3. The third kappa shape index (κ3) is 3.46. The molecule has 8 heteroatoms. The van der Waals surface area contributed by atoms with Crippen LogP contribution >= 0.6 is 0 Å². The number of furan rings is 1. The van der Waals surface area contributed by atoms with Gasteiger partial charge in [0.25, 0.3) is 5.91 Å². The fraction of sp³-hybridized carbons (Fsp3) is 0.300. The second-order valence-electron chi connectivity index (χ2n) is 6.25. The molecule has 1 aromatic heterocycles. The van der Waals surface area contributed by atoms with E-state index < -0.39 is 23.5 Å². The van der Waals surface area contributed by atoms with Gasteiger partial charge in [-0.3, -0.25) is 9.59 Å². The zero-order valence-corrected chi connectivity index (χ0v) is 15.5. The van der Waals surface area contributed by atoms with Crippen molar-refractivity contribution >= 4 is 11.7 Å². The van der Waals surface area contributed by atoms with E-state index in [9.17, 15) is 19.8 Å². The Morgan fingerprint density at radius 3 is 2.64 bits per heavy atom. The van der Waals surface area contributed by atoms with Gasteiger partial charge in [0, 0.05) is 20.3 Å². The van der Waals surface area contributed by atoms with Gasteiger partial charge < -0.3 is 29.0 Å². The summed E-state index contributed by atoms with van der Waals surface area (Å²) in [6.45, 7) is 0.662. The molecule has 0 fully saturated rings. The Labute approximate surface area is 161 Å². The minimum Gasteiger partial charge on any atom is -0.504 e. The summed E-state index contributed by atoms with van der Waals surface area (Å²) in [4.78, 5) is 27.0. The minimum absolute atomic E-state index is 0.0100. The molecule has 28 heavy (non-hydrogen) atoms. The highest BCUT2D eigenvalue weighted by Gasteiger charge is 2.44. The van der Waals surface area contributed by atoms with Gasteiger partial charge in [-0.25, -0.2) is 0 Å². The van der Waals surface area contributed by atoms with Crippen molar-refractivity contribution in [3.8, 4) is 11.5 Å². The lowest BCUT2D eigenvalue weighted by atomic mass is 9.94. The van der Waals surface area contributed by atoms with E-state index in [4.69, 9.17) is 13.9 Å². The molecule has 2 N–H and O–H groups in total. The van der Waals surface area contributed by atoms with Crippen molar-refractivity contribution in [2.24, 2.45) is 0 Å². The molecule has 0 saturated heterocycles. The van der Waals surface area contributed by atoms with Crippen LogP contribution in [-0.2, 0) is 9.53 Å². The summed E-state index contributed by atoms with van der Waals surface area (Å²) in [6.07, 6.45) is 1.85. The molecule has 1 amide bonds. The zero-order valence-electron chi connectivity index (χ0n) is 15.5. The van der Waals surface area contributed by atoms with Crippen LogP contribution < -0.4 is 4.74 Å². The molecule has 0 spiro atoms. The molecule has 148 valence electrons. The number of aromatic hydroxyl groups is 1. The molecule has 2 heterocycles. The number of amides is 1. The van der Waals surface area contributed by atoms with Gasteiger partial charge >= 0.3 is 0 Å². The molecule has 1 atom stereocenters. The molecule has 8 nitrogen and oxygen atoms in total. The molecule has 3 rings (SSSR count). The first-order valence-corrected chi connectivity index (χ1v) is 8.67. The SMILES string of the molecule is COCCCN1C(=O)C(O)=C(C(=O)c2ccco2)C1c1ccc(OC)c(O)c1. The third-order valence-electron chi connectivity index (χ3n) is 4.56. The Kier molecular flexibility index (Phi) is 5.70. The Bertz CT molecular complexity index is 901. The van der Waals surface area contributed by atoms with Crippen molar-refractivity contribution in [2.75, 3.05) is 27.4 Å². The van der Waals surface area contributed by atoms with Crippen LogP contribution in [0.1, 0.15) is 28.6 Å².